The molecule has 0 aliphatic carbocycles. The van der Waals surface area contributed by atoms with Crippen molar-refractivity contribution in [2.24, 2.45) is 0 Å². The molecule has 0 fully saturated rings. The summed E-state index contributed by atoms with van der Waals surface area (Å²) in [5.74, 6) is 0. The lowest BCUT2D eigenvalue weighted by Gasteiger charge is -2.05. The number of benzene rings is 1. The molecule has 0 bridgehead atoms. The van der Waals surface area contributed by atoms with Crippen molar-refractivity contribution in [3.05, 3.63) is 59.9 Å². The van der Waals surface area contributed by atoms with Crippen LogP contribution in [0.2, 0.25) is 0 Å². The van der Waals surface area contributed by atoms with E-state index in [1.165, 1.54) is 16.0 Å². The van der Waals surface area contributed by atoms with Gasteiger partial charge in [0.1, 0.15) is 0 Å². The maximum absolute atomic E-state index is 4.00. The summed E-state index contributed by atoms with van der Waals surface area (Å²) >= 11 is 1.77. The van der Waals surface area contributed by atoms with E-state index in [0.717, 1.165) is 13.1 Å². The summed E-state index contributed by atoms with van der Waals surface area (Å²) in [6.45, 7) is 1.78. The molecule has 0 aliphatic heterocycles. The largest absolute Gasteiger partial charge is 0.309 e. The molecule has 0 spiro atoms. The minimum absolute atomic E-state index is 0. The quantitative estimate of drug-likeness (QED) is 0.849. The smallest absolute Gasteiger partial charge is 0.0271 e. The fourth-order valence-electron chi connectivity index (χ4n) is 1.60. The first kappa shape index (κ1) is 15.0. The molecule has 0 saturated carbocycles. The molecule has 1 aromatic carbocycles. The Labute approximate surface area is 119 Å². The minimum atomic E-state index is 0. The van der Waals surface area contributed by atoms with E-state index in [1.807, 2.05) is 24.5 Å². The minimum Gasteiger partial charge on any atom is -0.309 e. The average molecular weight is 281 g/mol. The van der Waals surface area contributed by atoms with E-state index in [1.54, 1.807) is 11.8 Å². The van der Waals surface area contributed by atoms with Crippen LogP contribution in [0.15, 0.2) is 53.7 Å². The lowest BCUT2D eigenvalue weighted by atomic mass is 10.2. The molecule has 1 N–H and O–H groups in total. The van der Waals surface area contributed by atoms with Crippen LogP contribution in [0.3, 0.4) is 0 Å². The third kappa shape index (κ3) is 4.69. The monoisotopic (exact) mass is 280 g/mol. The van der Waals surface area contributed by atoms with Gasteiger partial charge in [-0.05, 0) is 41.6 Å². The summed E-state index contributed by atoms with van der Waals surface area (Å²) in [6.07, 6.45) is 5.74. The second kappa shape index (κ2) is 8.14. The number of halogens is 1. The normalized spacial score (nSPS) is 9.83. The molecule has 0 unspecified atom stereocenters. The third-order valence-corrected chi connectivity index (χ3v) is 3.31. The molecule has 96 valence electrons. The zero-order valence-corrected chi connectivity index (χ0v) is 11.9. The number of hydrogen-bond donors (Lipinski definition) is 1. The standard InChI is InChI=1S/C14H16N2S.ClH/c1-17-14-4-2-12(3-5-14)10-16-11-13-6-8-15-9-7-13;/h2-9,16H,10-11H2,1H3;1H. The summed E-state index contributed by atoms with van der Waals surface area (Å²) in [5, 5.41) is 3.42. The van der Waals surface area contributed by atoms with Gasteiger partial charge in [0.15, 0.2) is 0 Å². The van der Waals surface area contributed by atoms with Crippen LogP contribution >= 0.6 is 24.2 Å². The van der Waals surface area contributed by atoms with Crippen molar-refractivity contribution in [1.82, 2.24) is 10.3 Å². The Kier molecular flexibility index (Phi) is 6.80. The summed E-state index contributed by atoms with van der Waals surface area (Å²) < 4.78 is 0. The van der Waals surface area contributed by atoms with Gasteiger partial charge in [-0.3, -0.25) is 4.98 Å². The van der Waals surface area contributed by atoms with Crippen LogP contribution in [0.5, 0.6) is 0 Å². The van der Waals surface area contributed by atoms with E-state index in [2.05, 4.69) is 40.8 Å². The van der Waals surface area contributed by atoms with Crippen LogP contribution in [0.4, 0.5) is 0 Å². The van der Waals surface area contributed by atoms with Crippen molar-refractivity contribution in [2.45, 2.75) is 18.0 Å². The summed E-state index contributed by atoms with van der Waals surface area (Å²) in [4.78, 5) is 5.31. The van der Waals surface area contributed by atoms with Crippen molar-refractivity contribution in [3.63, 3.8) is 0 Å². The van der Waals surface area contributed by atoms with Gasteiger partial charge in [-0.2, -0.15) is 0 Å². The maximum Gasteiger partial charge on any atom is 0.0271 e. The first-order valence-electron chi connectivity index (χ1n) is 5.61. The van der Waals surface area contributed by atoms with E-state index in [9.17, 15) is 0 Å². The number of thioether (sulfide) groups is 1. The molecule has 0 saturated heterocycles. The molecule has 2 aromatic rings. The number of hydrogen-bond acceptors (Lipinski definition) is 3. The van der Waals surface area contributed by atoms with E-state index >= 15 is 0 Å². The van der Waals surface area contributed by atoms with E-state index in [4.69, 9.17) is 0 Å². The molecule has 18 heavy (non-hydrogen) atoms. The molecule has 1 aromatic heterocycles. The van der Waals surface area contributed by atoms with E-state index in [0.29, 0.717) is 0 Å². The maximum atomic E-state index is 4.00. The summed E-state index contributed by atoms with van der Waals surface area (Å²) in [7, 11) is 0. The molecule has 1 heterocycles. The molecular formula is C14H17ClN2S. The SMILES string of the molecule is CSc1ccc(CNCc2ccncc2)cc1.Cl. The number of aromatic nitrogens is 1. The molecule has 0 amide bonds. The van der Waals surface area contributed by atoms with Crippen LogP contribution in [0, 0.1) is 0 Å². The van der Waals surface area contributed by atoms with Gasteiger partial charge in [0.25, 0.3) is 0 Å². The van der Waals surface area contributed by atoms with Crippen LogP contribution in [0.1, 0.15) is 11.1 Å². The zero-order chi connectivity index (χ0) is 11.9. The van der Waals surface area contributed by atoms with Crippen molar-refractivity contribution >= 4 is 24.2 Å². The van der Waals surface area contributed by atoms with Crippen molar-refractivity contribution in [2.75, 3.05) is 6.26 Å². The van der Waals surface area contributed by atoms with Crippen molar-refractivity contribution < 1.29 is 0 Å². The first-order valence-corrected chi connectivity index (χ1v) is 6.83. The molecule has 2 rings (SSSR count). The second-order valence-electron chi connectivity index (χ2n) is 3.81. The highest BCUT2D eigenvalue weighted by Gasteiger charge is 1.94. The first-order chi connectivity index (χ1) is 8.38. The summed E-state index contributed by atoms with van der Waals surface area (Å²) in [6, 6.07) is 12.7. The topological polar surface area (TPSA) is 24.9 Å². The fraction of sp³-hybridized carbons (Fsp3) is 0.214. The molecule has 0 atom stereocenters. The predicted molar refractivity (Wildman–Crippen MR) is 80.3 cm³/mol. The van der Waals surface area contributed by atoms with Gasteiger partial charge in [0, 0.05) is 30.4 Å². The van der Waals surface area contributed by atoms with Crippen LogP contribution in [-0.4, -0.2) is 11.2 Å². The fourth-order valence-corrected chi connectivity index (χ4v) is 2.00. The van der Waals surface area contributed by atoms with Gasteiger partial charge in [-0.15, -0.1) is 24.2 Å². The summed E-state index contributed by atoms with van der Waals surface area (Å²) in [5.41, 5.74) is 2.58. The van der Waals surface area contributed by atoms with Gasteiger partial charge >= 0.3 is 0 Å². The third-order valence-electron chi connectivity index (χ3n) is 2.57. The number of nitrogens with zero attached hydrogens (tertiary/aromatic N) is 1. The van der Waals surface area contributed by atoms with Crippen molar-refractivity contribution in [3.8, 4) is 0 Å². The highest BCUT2D eigenvalue weighted by Crippen LogP contribution is 2.14. The molecule has 2 nitrogen and oxygen atoms in total. The van der Waals surface area contributed by atoms with Crippen LogP contribution in [-0.2, 0) is 13.1 Å². The highest BCUT2D eigenvalue weighted by molar-refractivity contribution is 7.98. The molecule has 0 radical (unpaired) electrons. The molecular weight excluding hydrogens is 264 g/mol. The Bertz CT molecular complexity index is 445. The zero-order valence-electron chi connectivity index (χ0n) is 10.3. The number of pyridine rings is 1. The Morgan fingerprint density at radius 2 is 1.50 bits per heavy atom. The Morgan fingerprint density at radius 1 is 0.944 bits per heavy atom. The Morgan fingerprint density at radius 3 is 2.06 bits per heavy atom. The van der Waals surface area contributed by atoms with Crippen molar-refractivity contribution in [1.29, 1.82) is 0 Å². The van der Waals surface area contributed by atoms with Gasteiger partial charge in [0.05, 0.1) is 0 Å². The van der Waals surface area contributed by atoms with Crippen LogP contribution in [0.25, 0.3) is 0 Å². The highest BCUT2D eigenvalue weighted by atomic mass is 35.5. The Balaban J connectivity index is 0.00000162. The predicted octanol–water partition coefficient (Wildman–Crippen LogP) is 3.52. The lowest BCUT2D eigenvalue weighted by molar-refractivity contribution is 0.692. The van der Waals surface area contributed by atoms with Crippen LogP contribution < -0.4 is 5.32 Å². The molecule has 4 heteroatoms. The lowest BCUT2D eigenvalue weighted by Crippen LogP contribution is -2.12. The van der Waals surface area contributed by atoms with Gasteiger partial charge in [-0.25, -0.2) is 0 Å². The van der Waals surface area contributed by atoms with Gasteiger partial charge in [0.2, 0.25) is 0 Å². The number of rotatable bonds is 5. The van der Waals surface area contributed by atoms with E-state index in [-0.39, 0.29) is 12.4 Å². The number of nitrogens with one attached hydrogen (secondary N) is 1. The van der Waals surface area contributed by atoms with E-state index < -0.39 is 0 Å². The average Bonchev–Trinajstić information content (AvgIpc) is 2.41. The molecule has 0 aliphatic rings. The second-order valence-corrected chi connectivity index (χ2v) is 4.69. The van der Waals surface area contributed by atoms with Gasteiger partial charge < -0.3 is 5.32 Å². The Hall–Kier alpha value is -1.03. The van der Waals surface area contributed by atoms with Gasteiger partial charge in [-0.1, -0.05) is 12.1 Å².